The van der Waals surface area contributed by atoms with Crippen LogP contribution in [0.25, 0.3) is 10.6 Å². The van der Waals surface area contributed by atoms with Crippen LogP contribution in [0.2, 0.25) is 5.02 Å². The summed E-state index contributed by atoms with van der Waals surface area (Å²) in [4.78, 5) is 17.6. The molecule has 1 aromatic heterocycles. The Kier molecular flexibility index (Phi) is 6.36. The number of aromatic nitrogens is 1. The van der Waals surface area contributed by atoms with Crippen LogP contribution in [-0.2, 0) is 11.3 Å². The second kappa shape index (κ2) is 8.27. The highest BCUT2D eigenvalue weighted by atomic mass is 35.5. The van der Waals surface area contributed by atoms with Gasteiger partial charge >= 0.3 is 0 Å². The Morgan fingerprint density at radius 1 is 1.36 bits per heavy atom. The van der Waals surface area contributed by atoms with Crippen LogP contribution in [0.4, 0.5) is 0 Å². The number of likely N-dealkylation sites (N-methyl/N-ethyl adjacent to an activating group) is 2. The molecule has 0 saturated carbocycles. The lowest BCUT2D eigenvalue weighted by Gasteiger charge is -2.15. The molecule has 0 aliphatic heterocycles. The number of amides is 1. The summed E-state index contributed by atoms with van der Waals surface area (Å²) in [5, 5.41) is 6.53. The molecule has 1 aromatic carbocycles. The molecular formula is C16H21ClN3OS+. The molecule has 0 spiro atoms. The highest BCUT2D eigenvalue weighted by Gasteiger charge is 2.15. The number of quaternary nitrogens is 1. The van der Waals surface area contributed by atoms with Crippen molar-refractivity contribution in [3.63, 3.8) is 0 Å². The summed E-state index contributed by atoms with van der Waals surface area (Å²) < 4.78 is 0. The molecular weight excluding hydrogens is 318 g/mol. The van der Waals surface area contributed by atoms with Crippen LogP contribution >= 0.6 is 22.9 Å². The molecule has 2 aromatic rings. The van der Waals surface area contributed by atoms with Gasteiger partial charge in [0.15, 0.2) is 6.54 Å². The molecule has 4 nitrogen and oxygen atoms in total. The molecule has 0 aliphatic carbocycles. The predicted octanol–water partition coefficient (Wildman–Crippen LogP) is 2.00. The largest absolute Gasteiger partial charge is 0.351 e. The van der Waals surface area contributed by atoms with Gasteiger partial charge in [-0.1, -0.05) is 29.8 Å². The van der Waals surface area contributed by atoms with Crippen molar-refractivity contribution in [3.8, 4) is 10.6 Å². The third-order valence-corrected chi connectivity index (χ3v) is 4.63. The van der Waals surface area contributed by atoms with E-state index in [1.54, 1.807) is 11.3 Å². The molecule has 1 atom stereocenters. The maximum Gasteiger partial charge on any atom is 0.275 e. The standard InChI is InChI=1S/C16H20ClN3OS/c1-3-18-15(21)10-20(4-2)9-12-11-22-16(19-12)13-7-5-6-8-14(13)17/h5-8,11H,3-4,9-10H2,1-2H3,(H,18,21)/p+1. The van der Waals surface area contributed by atoms with E-state index in [2.05, 4.69) is 17.2 Å². The van der Waals surface area contributed by atoms with Crippen LogP contribution in [0.5, 0.6) is 0 Å². The Balaban J connectivity index is 2.05. The van der Waals surface area contributed by atoms with E-state index in [4.69, 9.17) is 11.6 Å². The highest BCUT2D eigenvalue weighted by molar-refractivity contribution is 7.13. The van der Waals surface area contributed by atoms with Gasteiger partial charge in [-0.05, 0) is 19.9 Å². The summed E-state index contributed by atoms with van der Waals surface area (Å²) in [5.74, 6) is 0.0842. The zero-order valence-corrected chi connectivity index (χ0v) is 14.4. The quantitative estimate of drug-likeness (QED) is 0.811. The van der Waals surface area contributed by atoms with E-state index >= 15 is 0 Å². The fourth-order valence-electron chi connectivity index (χ4n) is 2.20. The molecule has 1 heterocycles. The average molecular weight is 339 g/mol. The number of rotatable bonds is 7. The molecule has 6 heteroatoms. The fraction of sp³-hybridized carbons (Fsp3) is 0.375. The van der Waals surface area contributed by atoms with Crippen molar-refractivity contribution in [1.82, 2.24) is 10.3 Å². The number of hydrogen-bond acceptors (Lipinski definition) is 3. The monoisotopic (exact) mass is 338 g/mol. The minimum Gasteiger partial charge on any atom is -0.351 e. The van der Waals surface area contributed by atoms with Crippen LogP contribution in [0, 0.1) is 0 Å². The Hall–Kier alpha value is -1.43. The first-order valence-corrected chi connectivity index (χ1v) is 8.69. The van der Waals surface area contributed by atoms with Crippen LogP contribution < -0.4 is 10.2 Å². The molecule has 0 bridgehead atoms. The van der Waals surface area contributed by atoms with Gasteiger partial charge in [-0.2, -0.15) is 0 Å². The van der Waals surface area contributed by atoms with Gasteiger partial charge in [0, 0.05) is 17.5 Å². The van der Waals surface area contributed by atoms with Crippen molar-refractivity contribution in [3.05, 3.63) is 40.4 Å². The van der Waals surface area contributed by atoms with Crippen molar-refractivity contribution in [1.29, 1.82) is 0 Å². The van der Waals surface area contributed by atoms with E-state index < -0.39 is 0 Å². The Morgan fingerprint density at radius 3 is 2.82 bits per heavy atom. The van der Waals surface area contributed by atoms with E-state index in [0.29, 0.717) is 18.1 Å². The molecule has 0 saturated heterocycles. The summed E-state index contributed by atoms with van der Waals surface area (Å²) in [6, 6.07) is 7.72. The van der Waals surface area contributed by atoms with Gasteiger partial charge in [-0.25, -0.2) is 4.98 Å². The summed E-state index contributed by atoms with van der Waals surface area (Å²) >= 11 is 7.80. The number of carbonyl (C=O) groups is 1. The Bertz CT molecular complexity index is 629. The minimum atomic E-state index is 0.0842. The van der Waals surface area contributed by atoms with Gasteiger partial charge in [0.1, 0.15) is 17.2 Å². The number of hydrogen-bond donors (Lipinski definition) is 2. The first kappa shape index (κ1) is 16.9. The molecule has 0 radical (unpaired) electrons. The maximum absolute atomic E-state index is 11.7. The topological polar surface area (TPSA) is 46.4 Å². The van der Waals surface area contributed by atoms with E-state index in [9.17, 15) is 4.79 Å². The summed E-state index contributed by atoms with van der Waals surface area (Å²) in [5.41, 5.74) is 1.96. The maximum atomic E-state index is 11.7. The van der Waals surface area contributed by atoms with Gasteiger partial charge in [0.2, 0.25) is 0 Å². The number of benzene rings is 1. The lowest BCUT2D eigenvalue weighted by molar-refractivity contribution is -0.904. The van der Waals surface area contributed by atoms with Crippen molar-refractivity contribution in [2.45, 2.75) is 20.4 Å². The SMILES string of the molecule is CCNC(=O)C[NH+](CC)Cc1csc(-c2ccccc2Cl)n1. The number of nitrogens with zero attached hydrogens (tertiary/aromatic N) is 1. The number of carbonyl (C=O) groups excluding carboxylic acids is 1. The molecule has 118 valence electrons. The highest BCUT2D eigenvalue weighted by Crippen LogP contribution is 2.29. The molecule has 1 amide bonds. The van der Waals surface area contributed by atoms with Crippen LogP contribution in [-0.4, -0.2) is 30.5 Å². The zero-order valence-electron chi connectivity index (χ0n) is 12.9. The lowest BCUT2D eigenvalue weighted by Crippen LogP contribution is -3.11. The number of thiazole rings is 1. The minimum absolute atomic E-state index is 0.0842. The van der Waals surface area contributed by atoms with Gasteiger partial charge < -0.3 is 10.2 Å². The summed E-state index contributed by atoms with van der Waals surface area (Å²) in [6.07, 6.45) is 0. The molecule has 2 rings (SSSR count). The molecule has 22 heavy (non-hydrogen) atoms. The van der Waals surface area contributed by atoms with Crippen LogP contribution in [0.3, 0.4) is 0 Å². The van der Waals surface area contributed by atoms with E-state index in [0.717, 1.165) is 29.4 Å². The van der Waals surface area contributed by atoms with Crippen LogP contribution in [0.15, 0.2) is 29.6 Å². The van der Waals surface area contributed by atoms with Crippen molar-refractivity contribution >= 4 is 28.8 Å². The fourth-order valence-corrected chi connectivity index (χ4v) is 3.34. The first-order chi connectivity index (χ1) is 10.6. The van der Waals surface area contributed by atoms with E-state index in [1.165, 1.54) is 4.90 Å². The van der Waals surface area contributed by atoms with Gasteiger partial charge in [0.05, 0.1) is 11.6 Å². The molecule has 0 aliphatic rings. The molecule has 1 unspecified atom stereocenters. The second-order valence-corrected chi connectivity index (χ2v) is 6.30. The normalized spacial score (nSPS) is 12.1. The third kappa shape index (κ3) is 4.53. The van der Waals surface area contributed by atoms with Crippen molar-refractivity contribution in [2.24, 2.45) is 0 Å². The van der Waals surface area contributed by atoms with Gasteiger partial charge in [0.25, 0.3) is 5.91 Å². The number of halogens is 1. The predicted molar refractivity (Wildman–Crippen MR) is 91.3 cm³/mol. The summed E-state index contributed by atoms with van der Waals surface area (Å²) in [7, 11) is 0. The van der Waals surface area contributed by atoms with Gasteiger partial charge in [-0.15, -0.1) is 11.3 Å². The molecule has 2 N–H and O–H groups in total. The Labute approximate surface area is 140 Å². The zero-order chi connectivity index (χ0) is 15.9. The second-order valence-electron chi connectivity index (χ2n) is 5.03. The van der Waals surface area contributed by atoms with E-state index in [1.807, 2.05) is 36.6 Å². The third-order valence-electron chi connectivity index (χ3n) is 3.37. The first-order valence-electron chi connectivity index (χ1n) is 7.43. The van der Waals surface area contributed by atoms with Crippen molar-refractivity contribution in [2.75, 3.05) is 19.6 Å². The molecule has 0 fully saturated rings. The summed E-state index contributed by atoms with van der Waals surface area (Å²) in [6.45, 7) is 6.78. The van der Waals surface area contributed by atoms with E-state index in [-0.39, 0.29) is 5.91 Å². The van der Waals surface area contributed by atoms with Crippen LogP contribution in [0.1, 0.15) is 19.5 Å². The lowest BCUT2D eigenvalue weighted by atomic mass is 10.2. The van der Waals surface area contributed by atoms with Crippen molar-refractivity contribution < 1.29 is 9.69 Å². The Morgan fingerprint density at radius 2 is 2.14 bits per heavy atom. The van der Waals surface area contributed by atoms with Gasteiger partial charge in [-0.3, -0.25) is 4.79 Å². The number of nitrogens with one attached hydrogen (secondary N) is 2. The smallest absolute Gasteiger partial charge is 0.275 e. The average Bonchev–Trinajstić information content (AvgIpc) is 2.95.